The standard InChI is InChI=1S/C31H25Cl2F3N4O2/c32-19-10-11-25(33)24(15-19)29(41)39-26-12-9-18(16-38-26)20-7-3-8-22-21-5-1-2-6-23(21)28(27(20)22)30(42)40(14-4-13-37)17-31(34,35)36/h1-3,5-12,15-16,28H,4,13-14,17,37H2,(H,38,39,41). The number of carbonyl (C=O) groups excluding carboxylic acids is 2. The number of nitrogens with one attached hydrogen (secondary N) is 1. The molecule has 42 heavy (non-hydrogen) atoms. The summed E-state index contributed by atoms with van der Waals surface area (Å²) in [6, 6.07) is 20.6. The lowest BCUT2D eigenvalue weighted by Crippen LogP contribution is -2.42. The number of aromatic nitrogens is 1. The van der Waals surface area contributed by atoms with E-state index < -0.39 is 30.5 Å². The van der Waals surface area contributed by atoms with E-state index in [0.717, 1.165) is 16.0 Å². The number of pyridine rings is 1. The first kappa shape index (κ1) is 29.6. The summed E-state index contributed by atoms with van der Waals surface area (Å²) in [4.78, 5) is 31.9. The Hall–Kier alpha value is -3.92. The van der Waals surface area contributed by atoms with Gasteiger partial charge < -0.3 is 16.0 Å². The average Bonchev–Trinajstić information content (AvgIpc) is 3.30. The molecule has 1 aliphatic rings. The molecule has 0 radical (unpaired) electrons. The van der Waals surface area contributed by atoms with E-state index in [4.69, 9.17) is 28.9 Å². The second-order valence-corrected chi connectivity index (χ2v) is 10.7. The molecule has 0 aliphatic heterocycles. The third-order valence-corrected chi connectivity index (χ3v) is 7.57. The Kier molecular flexibility index (Phi) is 8.54. The maximum Gasteiger partial charge on any atom is 0.406 e. The Labute approximate surface area is 250 Å². The molecule has 0 saturated carbocycles. The summed E-state index contributed by atoms with van der Waals surface area (Å²) in [5.41, 5.74) is 9.83. The van der Waals surface area contributed by atoms with E-state index in [0.29, 0.717) is 27.3 Å². The first-order valence-corrected chi connectivity index (χ1v) is 13.8. The number of fused-ring (bicyclic) bond motifs is 3. The van der Waals surface area contributed by atoms with Crippen molar-refractivity contribution in [2.75, 3.05) is 25.0 Å². The molecule has 0 bridgehead atoms. The van der Waals surface area contributed by atoms with E-state index >= 15 is 0 Å². The van der Waals surface area contributed by atoms with Gasteiger partial charge in [0.15, 0.2) is 0 Å². The van der Waals surface area contributed by atoms with Crippen molar-refractivity contribution in [3.05, 3.63) is 106 Å². The summed E-state index contributed by atoms with van der Waals surface area (Å²) in [5, 5.41) is 3.27. The zero-order chi connectivity index (χ0) is 30.0. The van der Waals surface area contributed by atoms with Crippen LogP contribution < -0.4 is 11.1 Å². The Morgan fingerprint density at radius 2 is 1.69 bits per heavy atom. The fourth-order valence-electron chi connectivity index (χ4n) is 5.20. The number of nitrogens with zero attached hydrogens (tertiary/aromatic N) is 2. The third-order valence-electron chi connectivity index (χ3n) is 7.01. The third kappa shape index (κ3) is 6.13. The van der Waals surface area contributed by atoms with E-state index in [1.54, 1.807) is 36.4 Å². The maximum atomic E-state index is 13.9. The molecule has 3 N–H and O–H groups in total. The van der Waals surface area contributed by atoms with Crippen molar-refractivity contribution in [2.24, 2.45) is 5.73 Å². The molecular weight excluding hydrogens is 588 g/mol. The number of nitrogens with two attached hydrogens (primary N) is 1. The predicted octanol–water partition coefficient (Wildman–Crippen LogP) is 7.16. The number of carbonyl (C=O) groups is 2. The highest BCUT2D eigenvalue weighted by Gasteiger charge is 2.41. The van der Waals surface area contributed by atoms with Crippen LogP contribution in [0.4, 0.5) is 19.0 Å². The van der Waals surface area contributed by atoms with Crippen LogP contribution in [-0.2, 0) is 4.79 Å². The minimum absolute atomic E-state index is 0.113. The molecule has 1 unspecified atom stereocenters. The van der Waals surface area contributed by atoms with Crippen molar-refractivity contribution in [1.82, 2.24) is 9.88 Å². The molecule has 2 amide bonds. The number of halogens is 5. The van der Waals surface area contributed by atoms with Crippen LogP contribution in [0, 0.1) is 0 Å². The molecule has 3 aromatic carbocycles. The van der Waals surface area contributed by atoms with Gasteiger partial charge in [-0.05, 0) is 71.1 Å². The minimum Gasteiger partial charge on any atom is -0.333 e. The molecule has 4 aromatic rings. The molecule has 0 saturated heterocycles. The van der Waals surface area contributed by atoms with Gasteiger partial charge in [-0.15, -0.1) is 0 Å². The summed E-state index contributed by atoms with van der Waals surface area (Å²) in [7, 11) is 0. The van der Waals surface area contributed by atoms with E-state index in [1.807, 2.05) is 24.3 Å². The monoisotopic (exact) mass is 612 g/mol. The molecule has 11 heteroatoms. The van der Waals surface area contributed by atoms with E-state index in [-0.39, 0.29) is 35.9 Å². The Morgan fingerprint density at radius 1 is 0.952 bits per heavy atom. The predicted molar refractivity (Wildman–Crippen MR) is 158 cm³/mol. The van der Waals surface area contributed by atoms with Crippen LogP contribution in [0.2, 0.25) is 10.0 Å². The smallest absolute Gasteiger partial charge is 0.333 e. The van der Waals surface area contributed by atoms with Gasteiger partial charge in [0.2, 0.25) is 5.91 Å². The fourth-order valence-corrected chi connectivity index (χ4v) is 5.57. The van der Waals surface area contributed by atoms with Gasteiger partial charge >= 0.3 is 6.18 Å². The molecule has 1 aliphatic carbocycles. The molecule has 0 spiro atoms. The van der Waals surface area contributed by atoms with E-state index in [9.17, 15) is 22.8 Å². The highest BCUT2D eigenvalue weighted by molar-refractivity contribution is 6.36. The van der Waals surface area contributed by atoms with Gasteiger partial charge in [0, 0.05) is 23.3 Å². The second kappa shape index (κ2) is 12.1. The SMILES string of the molecule is NCCCN(CC(F)(F)F)C(=O)C1c2ccccc2-c2cccc(-c3ccc(NC(=O)c4cc(Cl)ccc4Cl)nc3)c21. The summed E-state index contributed by atoms with van der Waals surface area (Å²) in [5.74, 6) is -1.83. The van der Waals surface area contributed by atoms with Gasteiger partial charge in [-0.2, -0.15) is 13.2 Å². The van der Waals surface area contributed by atoms with Crippen LogP contribution in [0.5, 0.6) is 0 Å². The lowest BCUT2D eigenvalue weighted by molar-refractivity contribution is -0.161. The van der Waals surface area contributed by atoms with Gasteiger partial charge in [-0.1, -0.05) is 65.7 Å². The van der Waals surface area contributed by atoms with Gasteiger partial charge in [0.05, 0.1) is 16.5 Å². The Balaban J connectivity index is 1.51. The van der Waals surface area contributed by atoms with Gasteiger partial charge in [-0.3, -0.25) is 9.59 Å². The molecule has 1 heterocycles. The van der Waals surface area contributed by atoms with Crippen LogP contribution >= 0.6 is 23.2 Å². The van der Waals surface area contributed by atoms with Crippen LogP contribution in [0.15, 0.2) is 79.0 Å². The highest BCUT2D eigenvalue weighted by Crippen LogP contribution is 2.49. The van der Waals surface area contributed by atoms with Crippen molar-refractivity contribution in [3.63, 3.8) is 0 Å². The number of rotatable bonds is 8. The number of anilines is 1. The highest BCUT2D eigenvalue weighted by atomic mass is 35.5. The second-order valence-electron chi connectivity index (χ2n) is 9.81. The van der Waals surface area contributed by atoms with Crippen molar-refractivity contribution in [2.45, 2.75) is 18.5 Å². The van der Waals surface area contributed by atoms with Crippen molar-refractivity contribution in [1.29, 1.82) is 0 Å². The molecule has 1 atom stereocenters. The fraction of sp³-hybridized carbons (Fsp3) is 0.194. The Bertz CT molecular complexity index is 1640. The number of hydrogen-bond donors (Lipinski definition) is 2. The number of amides is 2. The number of hydrogen-bond acceptors (Lipinski definition) is 4. The van der Waals surface area contributed by atoms with Crippen molar-refractivity contribution < 1.29 is 22.8 Å². The van der Waals surface area contributed by atoms with Gasteiger partial charge in [0.1, 0.15) is 12.4 Å². The van der Waals surface area contributed by atoms with E-state index in [1.165, 1.54) is 18.3 Å². The van der Waals surface area contributed by atoms with Gasteiger partial charge in [0.25, 0.3) is 5.91 Å². The first-order chi connectivity index (χ1) is 20.1. The average molecular weight is 613 g/mol. The summed E-state index contributed by atoms with van der Waals surface area (Å²) < 4.78 is 40.6. The van der Waals surface area contributed by atoms with Crippen molar-refractivity contribution >= 4 is 40.8 Å². The molecule has 1 aromatic heterocycles. The maximum absolute atomic E-state index is 13.9. The quantitative estimate of drug-likeness (QED) is 0.221. The molecule has 5 rings (SSSR count). The topological polar surface area (TPSA) is 88.3 Å². The summed E-state index contributed by atoms with van der Waals surface area (Å²) in [6.45, 7) is -1.32. The first-order valence-electron chi connectivity index (χ1n) is 13.1. The molecule has 216 valence electrons. The zero-order valence-electron chi connectivity index (χ0n) is 22.1. The largest absolute Gasteiger partial charge is 0.406 e. The minimum atomic E-state index is -4.57. The Morgan fingerprint density at radius 3 is 2.40 bits per heavy atom. The lowest BCUT2D eigenvalue weighted by Gasteiger charge is -2.28. The normalized spacial score (nSPS) is 13.8. The summed E-state index contributed by atoms with van der Waals surface area (Å²) in [6.07, 6.45) is -2.79. The van der Waals surface area contributed by atoms with Crippen LogP contribution in [0.3, 0.4) is 0 Å². The van der Waals surface area contributed by atoms with Gasteiger partial charge in [-0.25, -0.2) is 4.98 Å². The molecular formula is C31H25Cl2F3N4O2. The molecule has 0 fully saturated rings. The molecule has 6 nitrogen and oxygen atoms in total. The van der Waals surface area contributed by atoms with Crippen LogP contribution in [0.1, 0.15) is 33.8 Å². The number of alkyl halides is 3. The number of benzene rings is 3. The van der Waals surface area contributed by atoms with E-state index in [2.05, 4.69) is 10.3 Å². The lowest BCUT2D eigenvalue weighted by atomic mass is 9.89. The summed E-state index contributed by atoms with van der Waals surface area (Å²) >= 11 is 12.1. The van der Waals surface area contributed by atoms with Crippen molar-refractivity contribution in [3.8, 4) is 22.3 Å². The zero-order valence-corrected chi connectivity index (χ0v) is 23.6. The van der Waals surface area contributed by atoms with Crippen LogP contribution in [0.25, 0.3) is 22.3 Å². The van der Waals surface area contributed by atoms with Crippen LogP contribution in [-0.4, -0.2) is 47.5 Å².